The zero-order chi connectivity index (χ0) is 2.12. The third kappa shape index (κ3) is 2.96. The Labute approximate surface area is 48.1 Å². The summed E-state index contributed by atoms with van der Waals surface area (Å²) in [5, 5.41) is 3.00. The molecule has 0 saturated carbocycles. The van der Waals surface area contributed by atoms with E-state index < -0.39 is 0 Å². The van der Waals surface area contributed by atoms with Crippen LogP contribution in [0.15, 0.2) is 0 Å². The molecule has 1 radical (unpaired) electrons. The molecule has 19 valence electrons. The number of nitrogens with one attached hydrogen (secondary N) is 1. The largest absolute Gasteiger partial charge is 0.314 e. The normalized spacial score (nSPS) is 18.0. The van der Waals surface area contributed by atoms with Gasteiger partial charge in [0, 0.05) is 42.6 Å². The standard InChI is InChI=1S/C2H5N.Na/c1-2-3-1;/h3H,1-2H2;. The van der Waals surface area contributed by atoms with Crippen LogP contribution in [0.2, 0.25) is 0 Å². The van der Waals surface area contributed by atoms with E-state index in [1.807, 2.05) is 0 Å². The Bertz CT molecular complexity index is 10.8. The predicted octanol–water partition coefficient (Wildman–Crippen LogP) is -0.791. The molecule has 1 fully saturated rings. The van der Waals surface area contributed by atoms with E-state index >= 15 is 0 Å². The van der Waals surface area contributed by atoms with Gasteiger partial charge >= 0.3 is 0 Å². The van der Waals surface area contributed by atoms with Gasteiger partial charge in [0.15, 0.2) is 0 Å². The Kier molecular flexibility index (Phi) is 2.74. The number of hydrogen-bond acceptors (Lipinski definition) is 1. The molecule has 1 rings (SSSR count). The van der Waals surface area contributed by atoms with Gasteiger partial charge in [0.1, 0.15) is 0 Å². The van der Waals surface area contributed by atoms with E-state index in [1.54, 1.807) is 0 Å². The van der Waals surface area contributed by atoms with Gasteiger partial charge < -0.3 is 5.32 Å². The first-order valence-electron chi connectivity index (χ1n) is 1.21. The second-order valence-electron chi connectivity index (χ2n) is 0.750. The summed E-state index contributed by atoms with van der Waals surface area (Å²) in [4.78, 5) is 0. The van der Waals surface area contributed by atoms with Crippen LogP contribution in [0.25, 0.3) is 0 Å². The molecule has 1 heterocycles. The van der Waals surface area contributed by atoms with E-state index in [2.05, 4.69) is 5.32 Å². The van der Waals surface area contributed by atoms with Gasteiger partial charge in [0.25, 0.3) is 0 Å². The maximum Gasteiger partial charge on any atom is 0.00772 e. The minimum absolute atomic E-state index is 0. The molecule has 0 amide bonds. The Morgan fingerprint density at radius 1 is 1.25 bits per heavy atom. The molecule has 0 bridgehead atoms. The average molecular weight is 66.1 g/mol. The monoisotopic (exact) mass is 66.0 g/mol. The van der Waals surface area contributed by atoms with Crippen molar-refractivity contribution in [3.8, 4) is 0 Å². The fourth-order valence-corrected chi connectivity index (χ4v) is 0. The van der Waals surface area contributed by atoms with Crippen molar-refractivity contribution in [3.63, 3.8) is 0 Å². The molecule has 4 heavy (non-hydrogen) atoms. The van der Waals surface area contributed by atoms with Crippen molar-refractivity contribution in [2.75, 3.05) is 13.1 Å². The molecule has 0 aliphatic carbocycles. The number of rotatable bonds is 0. The van der Waals surface area contributed by atoms with Gasteiger partial charge in [-0.25, -0.2) is 0 Å². The van der Waals surface area contributed by atoms with Crippen LogP contribution in [-0.4, -0.2) is 42.6 Å². The van der Waals surface area contributed by atoms with Crippen LogP contribution < -0.4 is 5.32 Å². The second-order valence-corrected chi connectivity index (χ2v) is 0.750. The molecule has 2 heteroatoms. The van der Waals surface area contributed by atoms with E-state index in [1.165, 1.54) is 13.1 Å². The van der Waals surface area contributed by atoms with Gasteiger partial charge in [-0.15, -0.1) is 0 Å². The third-order valence-corrected chi connectivity index (χ3v) is 0.250. The molecular formula is C2H5NNa. The van der Waals surface area contributed by atoms with Crippen molar-refractivity contribution in [2.45, 2.75) is 0 Å². The summed E-state index contributed by atoms with van der Waals surface area (Å²) in [5.41, 5.74) is 0. The van der Waals surface area contributed by atoms with Gasteiger partial charge in [-0.1, -0.05) is 0 Å². The van der Waals surface area contributed by atoms with E-state index in [-0.39, 0.29) is 29.6 Å². The molecule has 1 aliphatic rings. The average Bonchev–Trinajstić information content (AvgIpc) is 1.46. The minimum atomic E-state index is 0. The Hall–Kier alpha value is 0.960. The van der Waals surface area contributed by atoms with Crippen LogP contribution in [0.3, 0.4) is 0 Å². The molecule has 1 aliphatic heterocycles. The van der Waals surface area contributed by atoms with Crippen LogP contribution in [0.5, 0.6) is 0 Å². The summed E-state index contributed by atoms with van der Waals surface area (Å²) in [6, 6.07) is 0. The first-order valence-corrected chi connectivity index (χ1v) is 1.21. The second kappa shape index (κ2) is 2.21. The van der Waals surface area contributed by atoms with Crippen LogP contribution in [0, 0.1) is 0 Å². The van der Waals surface area contributed by atoms with E-state index in [9.17, 15) is 0 Å². The third-order valence-electron chi connectivity index (χ3n) is 0.250. The molecular weight excluding hydrogens is 61.0 g/mol. The quantitative estimate of drug-likeness (QED) is 0.290. The summed E-state index contributed by atoms with van der Waals surface area (Å²) in [7, 11) is 0. The molecule has 1 N–H and O–H groups in total. The van der Waals surface area contributed by atoms with Crippen molar-refractivity contribution < 1.29 is 0 Å². The molecule has 1 saturated heterocycles. The zero-order valence-electron chi connectivity index (χ0n) is 2.91. The molecule has 0 spiro atoms. The summed E-state index contributed by atoms with van der Waals surface area (Å²) >= 11 is 0. The van der Waals surface area contributed by atoms with Crippen LogP contribution in [0.4, 0.5) is 0 Å². The molecule has 0 aromatic rings. The van der Waals surface area contributed by atoms with Crippen molar-refractivity contribution in [3.05, 3.63) is 0 Å². The Morgan fingerprint density at radius 3 is 1.50 bits per heavy atom. The Balaban J connectivity index is 0.0000000900. The fraction of sp³-hybridized carbons (Fsp3) is 1.00. The summed E-state index contributed by atoms with van der Waals surface area (Å²) < 4.78 is 0. The van der Waals surface area contributed by atoms with Crippen molar-refractivity contribution in [1.82, 2.24) is 5.32 Å². The van der Waals surface area contributed by atoms with Gasteiger partial charge in [0.2, 0.25) is 0 Å². The Morgan fingerprint density at radius 2 is 1.50 bits per heavy atom. The van der Waals surface area contributed by atoms with Gasteiger partial charge in [0.05, 0.1) is 0 Å². The molecule has 0 aromatic heterocycles. The first kappa shape index (κ1) is 4.96. The molecule has 1 nitrogen and oxygen atoms in total. The van der Waals surface area contributed by atoms with E-state index in [4.69, 9.17) is 0 Å². The van der Waals surface area contributed by atoms with Crippen LogP contribution >= 0.6 is 0 Å². The van der Waals surface area contributed by atoms with Gasteiger partial charge in [-0.3, -0.25) is 0 Å². The minimum Gasteiger partial charge on any atom is -0.314 e. The van der Waals surface area contributed by atoms with E-state index in [0.29, 0.717) is 0 Å². The summed E-state index contributed by atoms with van der Waals surface area (Å²) in [5.74, 6) is 0. The van der Waals surface area contributed by atoms with Crippen LogP contribution in [-0.2, 0) is 0 Å². The maximum absolute atomic E-state index is 3.00. The van der Waals surface area contributed by atoms with E-state index in [0.717, 1.165) is 0 Å². The zero-order valence-corrected chi connectivity index (χ0v) is 4.91. The fourth-order valence-electron chi connectivity index (χ4n) is 0. The maximum atomic E-state index is 3.00. The van der Waals surface area contributed by atoms with Crippen molar-refractivity contribution in [1.29, 1.82) is 0 Å². The SMILES string of the molecule is C1CN1.[Na]. The van der Waals surface area contributed by atoms with Crippen molar-refractivity contribution in [2.24, 2.45) is 0 Å². The molecule has 0 unspecified atom stereocenters. The van der Waals surface area contributed by atoms with Crippen molar-refractivity contribution >= 4 is 29.6 Å². The topological polar surface area (TPSA) is 21.9 Å². The van der Waals surface area contributed by atoms with Gasteiger partial charge in [-0.2, -0.15) is 0 Å². The summed E-state index contributed by atoms with van der Waals surface area (Å²) in [6.45, 7) is 2.50. The summed E-state index contributed by atoms with van der Waals surface area (Å²) in [6.07, 6.45) is 0. The molecule has 0 aromatic carbocycles. The number of hydrogen-bond donors (Lipinski definition) is 1. The smallest absolute Gasteiger partial charge is 0.00772 e. The van der Waals surface area contributed by atoms with Crippen LogP contribution in [0.1, 0.15) is 0 Å². The van der Waals surface area contributed by atoms with Gasteiger partial charge in [-0.05, 0) is 0 Å². The molecule has 0 atom stereocenters. The predicted molar refractivity (Wildman–Crippen MR) is 18.6 cm³/mol. The first-order chi connectivity index (χ1) is 1.50.